The Morgan fingerprint density at radius 3 is 2.81 bits per heavy atom. The van der Waals surface area contributed by atoms with E-state index in [0.717, 1.165) is 26.5 Å². The van der Waals surface area contributed by atoms with Gasteiger partial charge in [0.15, 0.2) is 0 Å². The molecule has 0 saturated carbocycles. The van der Waals surface area contributed by atoms with Gasteiger partial charge in [-0.05, 0) is 18.6 Å². The van der Waals surface area contributed by atoms with Gasteiger partial charge in [-0.1, -0.05) is 30.3 Å². The molecule has 1 amide bonds. The van der Waals surface area contributed by atoms with Crippen LogP contribution in [-0.4, -0.2) is 47.2 Å². The van der Waals surface area contributed by atoms with E-state index >= 15 is 0 Å². The van der Waals surface area contributed by atoms with Gasteiger partial charge in [0.1, 0.15) is 17.0 Å². The van der Waals surface area contributed by atoms with E-state index in [4.69, 9.17) is 0 Å². The van der Waals surface area contributed by atoms with Crippen LogP contribution in [0.2, 0.25) is 0 Å². The molecular formula is C19H22N4O2S. The predicted molar refractivity (Wildman–Crippen MR) is 105 cm³/mol. The minimum atomic E-state index is -0.541. The highest BCUT2D eigenvalue weighted by Crippen LogP contribution is 2.35. The first-order chi connectivity index (χ1) is 12.5. The molecule has 6 nitrogen and oxygen atoms in total. The molecule has 0 bridgehead atoms. The number of anilines is 1. The lowest BCUT2D eigenvalue weighted by atomic mass is 10.2. The summed E-state index contributed by atoms with van der Waals surface area (Å²) in [6.45, 7) is 2.45. The molecule has 26 heavy (non-hydrogen) atoms. The van der Waals surface area contributed by atoms with E-state index in [0.29, 0.717) is 13.0 Å². The summed E-state index contributed by atoms with van der Waals surface area (Å²) >= 11 is 1.63. The molecule has 2 heterocycles. The van der Waals surface area contributed by atoms with Crippen LogP contribution < -0.4 is 10.2 Å². The monoisotopic (exact) mass is 370 g/mol. The van der Waals surface area contributed by atoms with Gasteiger partial charge < -0.3 is 15.3 Å². The summed E-state index contributed by atoms with van der Waals surface area (Å²) in [5, 5.41) is 12.9. The second-order valence-electron chi connectivity index (χ2n) is 6.22. The number of benzene rings is 1. The molecule has 0 aliphatic carbocycles. The fraction of sp³-hybridized carbons (Fsp3) is 0.316. The lowest BCUT2D eigenvalue weighted by Crippen LogP contribution is -2.33. The first-order valence-corrected chi connectivity index (χ1v) is 9.32. The quantitative estimate of drug-likeness (QED) is 0.669. The van der Waals surface area contributed by atoms with Crippen molar-refractivity contribution < 1.29 is 9.90 Å². The van der Waals surface area contributed by atoms with Gasteiger partial charge >= 0.3 is 0 Å². The van der Waals surface area contributed by atoms with Crippen molar-refractivity contribution in [1.82, 2.24) is 15.3 Å². The fourth-order valence-electron chi connectivity index (χ4n) is 2.62. The highest BCUT2D eigenvalue weighted by molar-refractivity contribution is 7.21. The zero-order valence-corrected chi connectivity index (χ0v) is 15.7. The number of hydrogen-bond acceptors (Lipinski definition) is 6. The van der Waals surface area contributed by atoms with Gasteiger partial charge in [-0.15, -0.1) is 11.3 Å². The third-order valence-corrected chi connectivity index (χ3v) is 5.09. The summed E-state index contributed by atoms with van der Waals surface area (Å²) < 4.78 is 0. The van der Waals surface area contributed by atoms with Crippen molar-refractivity contribution >= 4 is 33.3 Å². The molecule has 136 valence electrons. The zero-order chi connectivity index (χ0) is 18.5. The molecule has 3 rings (SSSR count). The Kier molecular flexibility index (Phi) is 5.80. The van der Waals surface area contributed by atoms with E-state index in [-0.39, 0.29) is 12.5 Å². The van der Waals surface area contributed by atoms with Crippen molar-refractivity contribution in [3.63, 3.8) is 0 Å². The van der Waals surface area contributed by atoms with Crippen molar-refractivity contribution in [2.45, 2.75) is 19.4 Å². The van der Waals surface area contributed by atoms with Crippen LogP contribution in [-0.2, 0) is 4.79 Å². The van der Waals surface area contributed by atoms with E-state index in [1.165, 1.54) is 0 Å². The third-order valence-electron chi connectivity index (χ3n) is 4.00. The van der Waals surface area contributed by atoms with Crippen LogP contribution in [0.3, 0.4) is 0 Å². The first kappa shape index (κ1) is 18.3. The number of fused-ring (bicyclic) bond motifs is 1. The van der Waals surface area contributed by atoms with Crippen LogP contribution in [0, 0.1) is 0 Å². The predicted octanol–water partition coefficient (Wildman–Crippen LogP) is 2.68. The molecule has 7 heteroatoms. The van der Waals surface area contributed by atoms with E-state index in [2.05, 4.69) is 33.5 Å². The number of nitrogens with zero attached hydrogens (tertiary/aromatic N) is 3. The van der Waals surface area contributed by atoms with Crippen molar-refractivity contribution in [2.75, 3.05) is 25.0 Å². The number of aliphatic hydroxyl groups is 1. The molecule has 1 aromatic carbocycles. The van der Waals surface area contributed by atoms with Crippen LogP contribution in [0.25, 0.3) is 20.7 Å². The number of nitrogens with one attached hydrogen (secondary N) is 1. The number of carbonyl (C=O) groups excluding carboxylic acids is 1. The van der Waals surface area contributed by atoms with Gasteiger partial charge in [0.05, 0.1) is 11.5 Å². The van der Waals surface area contributed by atoms with Crippen molar-refractivity contribution in [1.29, 1.82) is 0 Å². The average molecular weight is 370 g/mol. The number of carbonyl (C=O) groups is 1. The SMILES string of the molecule is CC(O)CNC(=O)CCN(C)c1ncnc2sc(-c3ccccc3)cc12. The summed E-state index contributed by atoms with van der Waals surface area (Å²) in [5.74, 6) is 0.732. The molecule has 1 unspecified atom stereocenters. The Balaban J connectivity index is 1.75. The molecule has 0 aliphatic rings. The summed E-state index contributed by atoms with van der Waals surface area (Å²) in [5.41, 5.74) is 1.15. The van der Waals surface area contributed by atoms with Crippen LogP contribution in [0.1, 0.15) is 13.3 Å². The minimum absolute atomic E-state index is 0.0849. The lowest BCUT2D eigenvalue weighted by Gasteiger charge is -2.18. The van der Waals surface area contributed by atoms with Crippen molar-refractivity contribution in [2.24, 2.45) is 0 Å². The molecule has 0 radical (unpaired) electrons. The Morgan fingerprint density at radius 1 is 1.31 bits per heavy atom. The number of amides is 1. The number of aromatic nitrogens is 2. The summed E-state index contributed by atoms with van der Waals surface area (Å²) in [4.78, 5) is 24.7. The Morgan fingerprint density at radius 2 is 2.08 bits per heavy atom. The van der Waals surface area contributed by atoms with Crippen molar-refractivity contribution in [3.05, 3.63) is 42.7 Å². The largest absolute Gasteiger partial charge is 0.392 e. The molecule has 2 N–H and O–H groups in total. The van der Waals surface area contributed by atoms with Crippen molar-refractivity contribution in [3.8, 4) is 10.4 Å². The van der Waals surface area contributed by atoms with Gasteiger partial charge in [-0.3, -0.25) is 4.79 Å². The Labute approximate surface area is 156 Å². The van der Waals surface area contributed by atoms with E-state index in [1.54, 1.807) is 24.6 Å². The third kappa shape index (κ3) is 4.36. The molecule has 1 atom stereocenters. The number of thiophene rings is 1. The number of aliphatic hydroxyl groups excluding tert-OH is 1. The molecule has 3 aromatic rings. The molecule has 0 fully saturated rings. The van der Waals surface area contributed by atoms with Gasteiger partial charge in [0.25, 0.3) is 0 Å². The van der Waals surface area contributed by atoms with Gasteiger partial charge in [0.2, 0.25) is 5.91 Å². The van der Waals surface area contributed by atoms with Gasteiger partial charge in [0, 0.05) is 31.4 Å². The van der Waals surface area contributed by atoms with E-state index in [9.17, 15) is 9.90 Å². The lowest BCUT2D eigenvalue weighted by molar-refractivity contribution is -0.121. The fourth-order valence-corrected chi connectivity index (χ4v) is 3.62. The minimum Gasteiger partial charge on any atom is -0.392 e. The first-order valence-electron chi connectivity index (χ1n) is 8.50. The molecule has 0 saturated heterocycles. The summed E-state index contributed by atoms with van der Waals surface area (Å²) in [6, 6.07) is 12.3. The second kappa shape index (κ2) is 8.25. The van der Waals surface area contributed by atoms with Crippen LogP contribution in [0.5, 0.6) is 0 Å². The summed E-state index contributed by atoms with van der Waals surface area (Å²) in [6.07, 6.45) is 1.36. The van der Waals surface area contributed by atoms with Gasteiger partial charge in [-0.25, -0.2) is 9.97 Å². The highest BCUT2D eigenvalue weighted by atomic mass is 32.1. The van der Waals surface area contributed by atoms with Crippen LogP contribution >= 0.6 is 11.3 Å². The van der Waals surface area contributed by atoms with Crippen LogP contribution in [0.15, 0.2) is 42.7 Å². The van der Waals surface area contributed by atoms with Crippen LogP contribution in [0.4, 0.5) is 5.82 Å². The maximum absolute atomic E-state index is 11.9. The Hall–Kier alpha value is -2.51. The maximum atomic E-state index is 11.9. The maximum Gasteiger partial charge on any atom is 0.221 e. The zero-order valence-electron chi connectivity index (χ0n) is 14.8. The number of rotatable bonds is 7. The second-order valence-corrected chi connectivity index (χ2v) is 7.25. The standard InChI is InChI=1S/C19H22N4O2S/c1-13(24)11-20-17(25)8-9-23(2)18-15-10-16(14-6-4-3-5-7-14)26-19(15)22-12-21-18/h3-7,10,12-13,24H,8-9,11H2,1-2H3,(H,20,25). The number of hydrogen-bond donors (Lipinski definition) is 2. The Bertz CT molecular complexity index is 880. The molecular weight excluding hydrogens is 348 g/mol. The summed E-state index contributed by atoms with van der Waals surface area (Å²) in [7, 11) is 1.92. The molecule has 2 aromatic heterocycles. The van der Waals surface area contributed by atoms with E-state index < -0.39 is 6.10 Å². The normalized spacial score (nSPS) is 12.1. The molecule has 0 spiro atoms. The smallest absolute Gasteiger partial charge is 0.221 e. The molecule has 0 aliphatic heterocycles. The highest BCUT2D eigenvalue weighted by Gasteiger charge is 2.14. The van der Waals surface area contributed by atoms with E-state index in [1.807, 2.05) is 30.1 Å². The topological polar surface area (TPSA) is 78.4 Å². The van der Waals surface area contributed by atoms with Gasteiger partial charge in [-0.2, -0.15) is 0 Å². The average Bonchev–Trinajstić information content (AvgIpc) is 3.09.